The van der Waals surface area contributed by atoms with Crippen molar-refractivity contribution in [2.24, 2.45) is 5.92 Å². The molecule has 3 nitrogen and oxygen atoms in total. The molecule has 4 heteroatoms. The number of hydrogen-bond donors (Lipinski definition) is 1. The zero-order valence-corrected chi connectivity index (χ0v) is 16.4. The fourth-order valence-electron chi connectivity index (χ4n) is 5.09. The number of anilines is 1. The molecule has 2 atom stereocenters. The molecule has 1 amide bonds. The van der Waals surface area contributed by atoms with E-state index in [0.29, 0.717) is 6.42 Å². The first-order valence-electron chi connectivity index (χ1n) is 9.87. The Morgan fingerprint density at radius 3 is 2.34 bits per heavy atom. The maximum atomic E-state index is 13.7. The van der Waals surface area contributed by atoms with Gasteiger partial charge in [-0.25, -0.2) is 4.39 Å². The number of benzene rings is 3. The van der Waals surface area contributed by atoms with E-state index in [2.05, 4.69) is 5.32 Å². The van der Waals surface area contributed by atoms with Crippen LogP contribution in [0.4, 0.5) is 10.1 Å². The topological polar surface area (TPSA) is 38.3 Å². The smallest absolute Gasteiger partial charge is 0.240 e. The molecule has 0 radical (unpaired) electrons. The summed E-state index contributed by atoms with van der Waals surface area (Å²) in [5.74, 6) is 0.255. The summed E-state index contributed by atoms with van der Waals surface area (Å²) in [6, 6.07) is 22.2. The van der Waals surface area contributed by atoms with Crippen LogP contribution in [-0.4, -0.2) is 11.5 Å². The van der Waals surface area contributed by atoms with Crippen molar-refractivity contribution < 1.29 is 13.9 Å². The van der Waals surface area contributed by atoms with E-state index >= 15 is 0 Å². The molecule has 0 aliphatic carbocycles. The fraction of sp³-hybridized carbons (Fsp3) is 0.240. The lowest BCUT2D eigenvalue weighted by molar-refractivity contribution is -0.126. The highest BCUT2D eigenvalue weighted by atomic mass is 19.1. The van der Waals surface area contributed by atoms with Crippen LogP contribution >= 0.6 is 0 Å². The van der Waals surface area contributed by atoms with Crippen molar-refractivity contribution in [1.82, 2.24) is 0 Å². The summed E-state index contributed by atoms with van der Waals surface area (Å²) in [5.41, 5.74) is 2.19. The minimum Gasteiger partial charge on any atom is -0.487 e. The molecule has 2 aliphatic rings. The summed E-state index contributed by atoms with van der Waals surface area (Å²) in [6.45, 7) is 4.07. The summed E-state index contributed by atoms with van der Waals surface area (Å²) in [4.78, 5) is 13.7. The zero-order chi connectivity index (χ0) is 20.2. The number of rotatable bonds is 2. The van der Waals surface area contributed by atoms with Gasteiger partial charge in [-0.3, -0.25) is 4.79 Å². The SMILES string of the molecule is CC1(C)Oc2ccccc2C2(C(=O)Nc3ccccc32)C1Cc1ccc(F)cc1. The van der Waals surface area contributed by atoms with Gasteiger partial charge < -0.3 is 10.1 Å². The van der Waals surface area contributed by atoms with Crippen molar-refractivity contribution in [3.63, 3.8) is 0 Å². The molecule has 0 bridgehead atoms. The van der Waals surface area contributed by atoms with E-state index in [0.717, 1.165) is 28.1 Å². The van der Waals surface area contributed by atoms with Crippen LogP contribution in [0.25, 0.3) is 0 Å². The van der Waals surface area contributed by atoms with E-state index in [4.69, 9.17) is 4.74 Å². The Bertz CT molecular complexity index is 1110. The minimum atomic E-state index is -0.872. The van der Waals surface area contributed by atoms with Crippen LogP contribution in [0.3, 0.4) is 0 Å². The first-order chi connectivity index (χ1) is 13.9. The van der Waals surface area contributed by atoms with E-state index in [-0.39, 0.29) is 17.6 Å². The molecular formula is C25H22FNO2. The third-order valence-corrected chi connectivity index (χ3v) is 6.36. The van der Waals surface area contributed by atoms with Gasteiger partial charge in [0, 0.05) is 17.2 Å². The molecule has 0 saturated heterocycles. The fourth-order valence-corrected chi connectivity index (χ4v) is 5.09. The number of nitrogens with one attached hydrogen (secondary N) is 1. The molecule has 0 aromatic heterocycles. The molecule has 3 aromatic carbocycles. The molecule has 3 aromatic rings. The standard InChI is InChI=1S/C25H22FNO2/c1-24(2)22(15-16-11-13-17(26)14-12-16)25(19-8-4-6-10-21(19)29-24)18-7-3-5-9-20(18)27-23(25)28/h3-14,22H,15H2,1-2H3,(H,27,28). The molecule has 2 aliphatic heterocycles. The lowest BCUT2D eigenvalue weighted by atomic mass is 9.58. The third-order valence-electron chi connectivity index (χ3n) is 6.36. The van der Waals surface area contributed by atoms with Gasteiger partial charge in [0.25, 0.3) is 0 Å². The Kier molecular flexibility index (Phi) is 3.82. The van der Waals surface area contributed by atoms with E-state index in [9.17, 15) is 9.18 Å². The van der Waals surface area contributed by atoms with Crippen molar-refractivity contribution in [1.29, 1.82) is 0 Å². The monoisotopic (exact) mass is 387 g/mol. The maximum absolute atomic E-state index is 13.7. The molecule has 5 rings (SSSR count). The van der Waals surface area contributed by atoms with Gasteiger partial charge in [-0.05, 0) is 55.7 Å². The summed E-state index contributed by atoms with van der Waals surface area (Å²) in [6.07, 6.45) is 0.587. The van der Waals surface area contributed by atoms with Gasteiger partial charge in [0.1, 0.15) is 22.6 Å². The second kappa shape index (κ2) is 6.18. The van der Waals surface area contributed by atoms with Gasteiger partial charge in [0.2, 0.25) is 5.91 Å². The molecule has 1 N–H and O–H groups in total. The summed E-state index contributed by atoms with van der Waals surface area (Å²) in [7, 11) is 0. The average molecular weight is 387 g/mol. The lowest BCUT2D eigenvalue weighted by Crippen LogP contribution is -2.58. The number of para-hydroxylation sites is 2. The number of ether oxygens (including phenoxy) is 1. The Morgan fingerprint density at radius 1 is 0.931 bits per heavy atom. The molecule has 29 heavy (non-hydrogen) atoms. The lowest BCUT2D eigenvalue weighted by Gasteiger charge is -2.50. The van der Waals surface area contributed by atoms with E-state index < -0.39 is 11.0 Å². The number of carbonyl (C=O) groups excluding carboxylic acids is 1. The first kappa shape index (κ1) is 17.9. The van der Waals surface area contributed by atoms with E-state index in [1.807, 2.05) is 62.4 Å². The molecule has 2 unspecified atom stereocenters. The van der Waals surface area contributed by atoms with Gasteiger partial charge in [0.05, 0.1) is 0 Å². The molecule has 1 spiro atoms. The van der Waals surface area contributed by atoms with Crippen LogP contribution in [0, 0.1) is 11.7 Å². The molecular weight excluding hydrogens is 365 g/mol. The van der Waals surface area contributed by atoms with Crippen LogP contribution in [0.2, 0.25) is 0 Å². The predicted molar refractivity (Wildman–Crippen MR) is 111 cm³/mol. The van der Waals surface area contributed by atoms with Crippen molar-refractivity contribution >= 4 is 11.6 Å². The highest BCUT2D eigenvalue weighted by molar-refractivity contribution is 6.09. The highest BCUT2D eigenvalue weighted by Crippen LogP contribution is 2.57. The second-order valence-electron chi connectivity index (χ2n) is 8.39. The van der Waals surface area contributed by atoms with Crippen molar-refractivity contribution in [3.05, 3.63) is 95.3 Å². The number of carbonyl (C=O) groups is 1. The quantitative estimate of drug-likeness (QED) is 0.665. The van der Waals surface area contributed by atoms with Crippen LogP contribution in [-0.2, 0) is 16.6 Å². The largest absolute Gasteiger partial charge is 0.487 e. The highest BCUT2D eigenvalue weighted by Gasteiger charge is 2.61. The summed E-state index contributed by atoms with van der Waals surface area (Å²) in [5, 5.41) is 3.11. The van der Waals surface area contributed by atoms with Crippen molar-refractivity contribution in [2.75, 3.05) is 5.32 Å². The summed E-state index contributed by atoms with van der Waals surface area (Å²) < 4.78 is 19.9. The van der Waals surface area contributed by atoms with Gasteiger partial charge in [-0.15, -0.1) is 0 Å². The molecule has 0 saturated carbocycles. The minimum absolute atomic E-state index is 0.0327. The van der Waals surface area contributed by atoms with E-state index in [1.165, 1.54) is 12.1 Å². The molecule has 2 heterocycles. The van der Waals surface area contributed by atoms with Crippen LogP contribution in [0.1, 0.15) is 30.5 Å². The normalized spacial score (nSPS) is 23.8. The van der Waals surface area contributed by atoms with Crippen molar-refractivity contribution in [3.8, 4) is 5.75 Å². The van der Waals surface area contributed by atoms with Gasteiger partial charge in [-0.1, -0.05) is 48.5 Å². The second-order valence-corrected chi connectivity index (χ2v) is 8.39. The average Bonchev–Trinajstić information content (AvgIpc) is 2.99. The Labute approximate surface area is 169 Å². The Balaban J connectivity index is 1.78. The molecule has 146 valence electrons. The number of halogens is 1. The summed E-state index contributed by atoms with van der Waals surface area (Å²) >= 11 is 0. The predicted octanol–water partition coefficient (Wildman–Crippen LogP) is 5.09. The van der Waals surface area contributed by atoms with Crippen LogP contribution in [0.15, 0.2) is 72.8 Å². The number of amides is 1. The van der Waals surface area contributed by atoms with Crippen LogP contribution in [0.5, 0.6) is 5.75 Å². The van der Waals surface area contributed by atoms with Crippen molar-refractivity contribution in [2.45, 2.75) is 31.3 Å². The Hall–Kier alpha value is -3.14. The van der Waals surface area contributed by atoms with Crippen LogP contribution < -0.4 is 10.1 Å². The number of hydrogen-bond acceptors (Lipinski definition) is 2. The van der Waals surface area contributed by atoms with E-state index in [1.54, 1.807) is 12.1 Å². The van der Waals surface area contributed by atoms with Gasteiger partial charge >= 0.3 is 0 Å². The van der Waals surface area contributed by atoms with Gasteiger partial charge in [0.15, 0.2) is 0 Å². The Morgan fingerprint density at radius 2 is 1.59 bits per heavy atom. The maximum Gasteiger partial charge on any atom is 0.240 e. The third kappa shape index (κ3) is 2.52. The first-order valence-corrected chi connectivity index (χ1v) is 9.87. The van der Waals surface area contributed by atoms with Gasteiger partial charge in [-0.2, -0.15) is 0 Å². The number of fused-ring (bicyclic) bond motifs is 4. The molecule has 0 fully saturated rings. The zero-order valence-electron chi connectivity index (χ0n) is 16.4.